The Labute approximate surface area is 121 Å². The number of rotatable bonds is 3. The second-order valence-corrected chi connectivity index (χ2v) is 6.47. The molecule has 0 aliphatic carbocycles. The summed E-state index contributed by atoms with van der Waals surface area (Å²) in [7, 11) is 0. The van der Waals surface area contributed by atoms with Gasteiger partial charge in [-0.3, -0.25) is 9.78 Å². The van der Waals surface area contributed by atoms with E-state index in [1.165, 1.54) is 0 Å². The van der Waals surface area contributed by atoms with E-state index in [4.69, 9.17) is 4.74 Å². The molecule has 2 rings (SSSR count). The summed E-state index contributed by atoms with van der Waals surface area (Å²) in [6.07, 6.45) is 2.41. The molecule has 1 aliphatic heterocycles. The van der Waals surface area contributed by atoms with E-state index in [2.05, 4.69) is 11.9 Å². The summed E-state index contributed by atoms with van der Waals surface area (Å²) < 4.78 is 5.63. The van der Waals surface area contributed by atoms with Gasteiger partial charge in [0.05, 0.1) is 12.2 Å². The van der Waals surface area contributed by atoms with Crippen molar-refractivity contribution in [1.82, 2.24) is 9.88 Å². The van der Waals surface area contributed by atoms with E-state index < -0.39 is 0 Å². The molecule has 1 fully saturated rings. The lowest BCUT2D eigenvalue weighted by atomic mass is 9.99. The van der Waals surface area contributed by atoms with Crippen molar-refractivity contribution in [3.8, 4) is 0 Å². The molecule has 0 N–H and O–H groups in total. The number of ether oxygens (including phenoxy) is 1. The van der Waals surface area contributed by atoms with E-state index in [1.54, 1.807) is 6.20 Å². The highest BCUT2D eigenvalue weighted by molar-refractivity contribution is 5.82. The number of pyridine rings is 1. The number of amides is 1. The zero-order valence-corrected chi connectivity index (χ0v) is 12.8. The zero-order valence-electron chi connectivity index (χ0n) is 12.8. The molecular weight excluding hydrogens is 252 g/mol. The van der Waals surface area contributed by atoms with Crippen LogP contribution in [0.2, 0.25) is 0 Å². The highest BCUT2D eigenvalue weighted by atomic mass is 16.5. The molecule has 1 aromatic rings. The molecule has 0 unspecified atom stereocenters. The van der Waals surface area contributed by atoms with Crippen LogP contribution in [0.3, 0.4) is 0 Å². The minimum absolute atomic E-state index is 0.0770. The van der Waals surface area contributed by atoms with Crippen molar-refractivity contribution >= 4 is 5.91 Å². The molecule has 0 aromatic carbocycles. The summed E-state index contributed by atoms with van der Waals surface area (Å²) in [5, 5.41) is 0. The highest BCUT2D eigenvalue weighted by Crippen LogP contribution is 2.26. The monoisotopic (exact) mass is 276 g/mol. The van der Waals surface area contributed by atoms with Crippen LogP contribution in [0.4, 0.5) is 0 Å². The molecule has 2 heterocycles. The second kappa shape index (κ2) is 5.92. The summed E-state index contributed by atoms with van der Waals surface area (Å²) in [6, 6.07) is 5.78. The standard InChI is InChI=1S/C16H24N2O2/c1-12-8-10-20-14(12)15(19)18(16(2,3)4)11-13-7-5-6-9-17-13/h5-7,9,12,14H,8,10-11H2,1-4H3/t12-,14+/m1/s1. The Morgan fingerprint density at radius 1 is 1.45 bits per heavy atom. The topological polar surface area (TPSA) is 42.4 Å². The van der Waals surface area contributed by atoms with Gasteiger partial charge in [0.15, 0.2) is 0 Å². The van der Waals surface area contributed by atoms with E-state index >= 15 is 0 Å². The van der Waals surface area contributed by atoms with Gasteiger partial charge in [-0.05, 0) is 45.2 Å². The predicted octanol–water partition coefficient (Wildman–Crippen LogP) is 2.63. The fourth-order valence-electron chi connectivity index (χ4n) is 2.46. The van der Waals surface area contributed by atoms with Crippen molar-refractivity contribution in [1.29, 1.82) is 0 Å². The van der Waals surface area contributed by atoms with Crippen LogP contribution in [0.1, 0.15) is 39.8 Å². The van der Waals surface area contributed by atoms with E-state index in [-0.39, 0.29) is 23.5 Å². The second-order valence-electron chi connectivity index (χ2n) is 6.47. The summed E-state index contributed by atoms with van der Waals surface area (Å²) in [5.74, 6) is 0.365. The minimum Gasteiger partial charge on any atom is -0.368 e. The molecule has 4 heteroatoms. The Morgan fingerprint density at radius 2 is 2.20 bits per heavy atom. The highest BCUT2D eigenvalue weighted by Gasteiger charge is 2.38. The van der Waals surface area contributed by atoms with Crippen LogP contribution < -0.4 is 0 Å². The fourth-order valence-corrected chi connectivity index (χ4v) is 2.46. The molecular formula is C16H24N2O2. The first-order valence-electron chi connectivity index (χ1n) is 7.22. The van der Waals surface area contributed by atoms with E-state index in [0.717, 1.165) is 12.1 Å². The van der Waals surface area contributed by atoms with Crippen LogP contribution in [0, 0.1) is 5.92 Å². The summed E-state index contributed by atoms with van der Waals surface area (Å²) in [6.45, 7) is 9.43. The van der Waals surface area contributed by atoms with Crippen LogP contribution in [0.5, 0.6) is 0 Å². The SMILES string of the molecule is C[C@@H]1CCO[C@@H]1C(=O)N(Cc1ccccn1)C(C)(C)C. The lowest BCUT2D eigenvalue weighted by Gasteiger charge is -2.37. The molecule has 110 valence electrons. The maximum atomic E-state index is 12.8. The molecule has 1 aliphatic rings. The summed E-state index contributed by atoms with van der Waals surface area (Å²) in [4.78, 5) is 19.0. The summed E-state index contributed by atoms with van der Waals surface area (Å²) >= 11 is 0. The van der Waals surface area contributed by atoms with E-state index in [0.29, 0.717) is 13.2 Å². The average Bonchev–Trinajstić information content (AvgIpc) is 2.81. The molecule has 1 amide bonds. The number of carbonyl (C=O) groups excluding carboxylic acids is 1. The first-order valence-corrected chi connectivity index (χ1v) is 7.22. The zero-order chi connectivity index (χ0) is 14.8. The Balaban J connectivity index is 2.18. The van der Waals surface area contributed by atoms with Gasteiger partial charge >= 0.3 is 0 Å². The third-order valence-electron chi connectivity index (χ3n) is 3.75. The normalized spacial score (nSPS) is 22.8. The Hall–Kier alpha value is -1.42. The molecule has 20 heavy (non-hydrogen) atoms. The summed E-state index contributed by atoms with van der Waals surface area (Å²) in [5.41, 5.74) is 0.654. The van der Waals surface area contributed by atoms with E-state index in [9.17, 15) is 4.79 Å². The van der Waals surface area contributed by atoms with Crippen LogP contribution in [-0.4, -0.2) is 34.0 Å². The number of hydrogen-bond acceptors (Lipinski definition) is 3. The first kappa shape index (κ1) is 15.0. The molecule has 0 radical (unpaired) electrons. The average molecular weight is 276 g/mol. The molecule has 4 nitrogen and oxygen atoms in total. The lowest BCUT2D eigenvalue weighted by Crippen LogP contribution is -2.50. The van der Waals surface area contributed by atoms with Gasteiger partial charge in [0.2, 0.25) is 0 Å². The number of carbonyl (C=O) groups is 1. The largest absolute Gasteiger partial charge is 0.368 e. The third-order valence-corrected chi connectivity index (χ3v) is 3.75. The molecule has 2 atom stereocenters. The Bertz CT molecular complexity index is 453. The van der Waals surface area contributed by atoms with E-state index in [1.807, 2.05) is 43.9 Å². The molecule has 0 spiro atoms. The van der Waals surface area contributed by atoms with Gasteiger partial charge in [-0.15, -0.1) is 0 Å². The maximum absolute atomic E-state index is 12.8. The number of nitrogens with zero attached hydrogens (tertiary/aromatic N) is 2. The molecule has 0 bridgehead atoms. The lowest BCUT2D eigenvalue weighted by molar-refractivity contribution is -0.148. The van der Waals surface area contributed by atoms with Gasteiger partial charge in [0.1, 0.15) is 6.10 Å². The maximum Gasteiger partial charge on any atom is 0.252 e. The van der Waals surface area contributed by atoms with Gasteiger partial charge in [0.25, 0.3) is 5.91 Å². The molecule has 0 saturated carbocycles. The van der Waals surface area contributed by atoms with Crippen molar-refractivity contribution in [2.45, 2.75) is 52.3 Å². The van der Waals surface area contributed by atoms with Gasteiger partial charge in [-0.1, -0.05) is 13.0 Å². The van der Waals surface area contributed by atoms with Gasteiger partial charge in [-0.25, -0.2) is 0 Å². The van der Waals surface area contributed by atoms with Crippen molar-refractivity contribution in [2.24, 2.45) is 5.92 Å². The van der Waals surface area contributed by atoms with Crippen molar-refractivity contribution in [3.63, 3.8) is 0 Å². The van der Waals surface area contributed by atoms with Crippen LogP contribution >= 0.6 is 0 Å². The van der Waals surface area contributed by atoms with Gasteiger partial charge in [0, 0.05) is 18.3 Å². The fraction of sp³-hybridized carbons (Fsp3) is 0.625. The quantitative estimate of drug-likeness (QED) is 0.852. The van der Waals surface area contributed by atoms with Gasteiger partial charge in [-0.2, -0.15) is 0 Å². The van der Waals surface area contributed by atoms with Crippen LogP contribution in [0.25, 0.3) is 0 Å². The predicted molar refractivity (Wildman–Crippen MR) is 78.1 cm³/mol. The number of hydrogen-bond donors (Lipinski definition) is 0. The van der Waals surface area contributed by atoms with Crippen molar-refractivity contribution < 1.29 is 9.53 Å². The minimum atomic E-state index is -0.307. The first-order chi connectivity index (χ1) is 9.39. The Morgan fingerprint density at radius 3 is 2.70 bits per heavy atom. The smallest absolute Gasteiger partial charge is 0.252 e. The van der Waals surface area contributed by atoms with Crippen molar-refractivity contribution in [3.05, 3.63) is 30.1 Å². The molecule has 1 aromatic heterocycles. The number of aromatic nitrogens is 1. The van der Waals surface area contributed by atoms with Crippen LogP contribution in [0.15, 0.2) is 24.4 Å². The van der Waals surface area contributed by atoms with Crippen LogP contribution in [-0.2, 0) is 16.1 Å². The third kappa shape index (κ3) is 3.37. The van der Waals surface area contributed by atoms with Crippen molar-refractivity contribution in [2.75, 3.05) is 6.61 Å². The molecule has 1 saturated heterocycles. The van der Waals surface area contributed by atoms with Gasteiger partial charge < -0.3 is 9.64 Å². The Kier molecular flexibility index (Phi) is 4.43.